The first-order valence-corrected chi connectivity index (χ1v) is 10.0. The number of carbonyl (C=O) groups is 2. The molecule has 28 heavy (non-hydrogen) atoms. The second kappa shape index (κ2) is 11.9. The number of hydrogen-bond acceptors (Lipinski definition) is 3. The number of carbonyl (C=O) groups excluding carboxylic acids is 2. The second-order valence-corrected chi connectivity index (χ2v) is 6.98. The molecule has 2 amide bonds. The van der Waals surface area contributed by atoms with Crippen LogP contribution in [0.3, 0.4) is 0 Å². The topological polar surface area (TPSA) is 70.2 Å². The third-order valence-electron chi connectivity index (χ3n) is 4.15. The van der Waals surface area contributed by atoms with Gasteiger partial charge in [0.2, 0.25) is 11.8 Å². The van der Waals surface area contributed by atoms with Crippen molar-refractivity contribution in [2.45, 2.75) is 45.4 Å². The van der Waals surface area contributed by atoms with Crippen LogP contribution in [0, 0.1) is 0 Å². The van der Waals surface area contributed by atoms with Crippen LogP contribution < -0.4 is 16.0 Å². The Morgan fingerprint density at radius 3 is 2.29 bits per heavy atom. The maximum Gasteiger partial charge on any atom is 0.226 e. The number of aryl methyl sites for hydroxylation is 1. The number of rotatable bonds is 9. The van der Waals surface area contributed by atoms with E-state index in [1.54, 1.807) is 6.07 Å². The average Bonchev–Trinajstić information content (AvgIpc) is 2.67. The number of hydrogen-bond donors (Lipinski definition) is 3. The summed E-state index contributed by atoms with van der Waals surface area (Å²) in [6, 6.07) is 17.2. The molecule has 2 aromatic carbocycles. The molecular formula is C22H27N3O2S. The number of benzene rings is 2. The van der Waals surface area contributed by atoms with Gasteiger partial charge in [-0.05, 0) is 48.8 Å². The number of amides is 2. The molecule has 0 aliphatic rings. The maximum atomic E-state index is 12.2. The Morgan fingerprint density at radius 1 is 0.857 bits per heavy atom. The van der Waals surface area contributed by atoms with Crippen LogP contribution in [-0.4, -0.2) is 16.9 Å². The van der Waals surface area contributed by atoms with Crippen molar-refractivity contribution in [3.8, 4) is 0 Å². The number of thiocarbonyl (C=S) groups is 1. The Morgan fingerprint density at radius 2 is 1.57 bits per heavy atom. The van der Waals surface area contributed by atoms with Crippen LogP contribution in [0.4, 0.5) is 11.4 Å². The largest absolute Gasteiger partial charge is 0.332 e. The third-order valence-corrected chi connectivity index (χ3v) is 4.35. The molecule has 0 spiro atoms. The maximum absolute atomic E-state index is 12.2. The van der Waals surface area contributed by atoms with Crippen molar-refractivity contribution in [2.75, 3.05) is 10.6 Å². The molecule has 0 saturated carbocycles. The van der Waals surface area contributed by atoms with Crippen LogP contribution in [0.15, 0.2) is 54.6 Å². The molecule has 0 heterocycles. The quantitative estimate of drug-likeness (QED) is 0.425. The summed E-state index contributed by atoms with van der Waals surface area (Å²) in [6.07, 6.45) is 4.52. The molecule has 3 N–H and O–H groups in total. The summed E-state index contributed by atoms with van der Waals surface area (Å²) in [6.45, 7) is 2.09. The van der Waals surface area contributed by atoms with Crippen LogP contribution in [0.1, 0.15) is 44.6 Å². The summed E-state index contributed by atoms with van der Waals surface area (Å²) in [5.74, 6) is -0.135. The first-order chi connectivity index (χ1) is 13.6. The van der Waals surface area contributed by atoms with Crippen molar-refractivity contribution in [1.82, 2.24) is 5.32 Å². The van der Waals surface area contributed by atoms with Crippen LogP contribution in [0.25, 0.3) is 0 Å². The van der Waals surface area contributed by atoms with E-state index in [0.29, 0.717) is 30.6 Å². The summed E-state index contributed by atoms with van der Waals surface area (Å²) in [5.41, 5.74) is 2.52. The van der Waals surface area contributed by atoms with E-state index in [1.807, 2.05) is 48.5 Å². The predicted octanol–water partition coefficient (Wildman–Crippen LogP) is 4.65. The Balaban J connectivity index is 1.80. The second-order valence-electron chi connectivity index (χ2n) is 6.57. The Hall–Kier alpha value is -2.73. The minimum Gasteiger partial charge on any atom is -0.332 e. The fourth-order valence-electron chi connectivity index (χ4n) is 2.69. The van der Waals surface area contributed by atoms with Gasteiger partial charge in [0.1, 0.15) is 0 Å². The van der Waals surface area contributed by atoms with E-state index in [4.69, 9.17) is 12.2 Å². The zero-order chi connectivity index (χ0) is 20.2. The highest BCUT2D eigenvalue weighted by molar-refractivity contribution is 7.80. The van der Waals surface area contributed by atoms with Gasteiger partial charge in [0.05, 0.1) is 0 Å². The molecule has 6 heteroatoms. The van der Waals surface area contributed by atoms with Gasteiger partial charge in [0.25, 0.3) is 0 Å². The van der Waals surface area contributed by atoms with Crippen molar-refractivity contribution in [3.05, 3.63) is 60.2 Å². The molecule has 0 atom stereocenters. The molecule has 0 aliphatic carbocycles. The normalized spacial score (nSPS) is 10.2. The molecule has 148 valence electrons. The summed E-state index contributed by atoms with van der Waals surface area (Å²) >= 11 is 5.19. The van der Waals surface area contributed by atoms with Crippen LogP contribution in [0.2, 0.25) is 0 Å². The summed E-state index contributed by atoms with van der Waals surface area (Å²) < 4.78 is 0. The van der Waals surface area contributed by atoms with Crippen molar-refractivity contribution in [2.24, 2.45) is 0 Å². The lowest BCUT2D eigenvalue weighted by Gasteiger charge is -2.11. The van der Waals surface area contributed by atoms with Gasteiger partial charge < -0.3 is 16.0 Å². The minimum atomic E-state index is -0.0867. The van der Waals surface area contributed by atoms with Gasteiger partial charge in [-0.3, -0.25) is 9.59 Å². The Kier molecular flexibility index (Phi) is 9.15. The van der Waals surface area contributed by atoms with Gasteiger partial charge in [0, 0.05) is 24.2 Å². The van der Waals surface area contributed by atoms with Gasteiger partial charge in [-0.15, -0.1) is 0 Å². The fourth-order valence-corrected chi connectivity index (χ4v) is 2.92. The smallest absolute Gasteiger partial charge is 0.226 e. The van der Waals surface area contributed by atoms with Crippen LogP contribution in [-0.2, 0) is 16.0 Å². The van der Waals surface area contributed by atoms with E-state index in [2.05, 4.69) is 22.9 Å². The molecule has 0 aromatic heterocycles. The molecule has 0 fully saturated rings. The lowest BCUT2D eigenvalue weighted by atomic mass is 10.1. The molecule has 2 rings (SSSR count). The Labute approximate surface area is 171 Å². The van der Waals surface area contributed by atoms with Crippen molar-refractivity contribution < 1.29 is 9.59 Å². The molecule has 0 unspecified atom stereocenters. The standard InChI is InChI=1S/C22H27N3O2S/c1-2-3-5-13-20(26)25-22(28)24-19-12-8-11-18(16-19)23-21(27)15-14-17-9-6-4-7-10-17/h4,6-12,16H,2-3,5,13-15H2,1H3,(H,23,27)(H2,24,25,26,28). The first kappa shape index (κ1) is 21.6. The average molecular weight is 398 g/mol. The highest BCUT2D eigenvalue weighted by Crippen LogP contribution is 2.16. The number of anilines is 2. The van der Waals surface area contributed by atoms with Crippen molar-refractivity contribution >= 4 is 40.5 Å². The van der Waals surface area contributed by atoms with Crippen molar-refractivity contribution in [3.63, 3.8) is 0 Å². The zero-order valence-corrected chi connectivity index (χ0v) is 17.0. The first-order valence-electron chi connectivity index (χ1n) is 9.61. The number of unbranched alkanes of at least 4 members (excludes halogenated alkanes) is 2. The van der Waals surface area contributed by atoms with E-state index in [1.165, 1.54) is 0 Å². The summed E-state index contributed by atoms with van der Waals surface area (Å²) in [5, 5.41) is 8.81. The highest BCUT2D eigenvalue weighted by atomic mass is 32.1. The molecule has 0 bridgehead atoms. The zero-order valence-electron chi connectivity index (χ0n) is 16.2. The lowest BCUT2D eigenvalue weighted by Crippen LogP contribution is -2.33. The predicted molar refractivity (Wildman–Crippen MR) is 118 cm³/mol. The number of nitrogens with one attached hydrogen (secondary N) is 3. The fraction of sp³-hybridized carbons (Fsp3) is 0.318. The SMILES string of the molecule is CCCCCC(=O)NC(=S)Nc1cccc(NC(=O)CCc2ccccc2)c1. The highest BCUT2D eigenvalue weighted by Gasteiger charge is 2.07. The van der Waals surface area contributed by atoms with E-state index in [9.17, 15) is 9.59 Å². The third kappa shape index (κ3) is 8.31. The van der Waals surface area contributed by atoms with E-state index >= 15 is 0 Å². The van der Waals surface area contributed by atoms with Gasteiger partial charge in [0.15, 0.2) is 5.11 Å². The molecule has 5 nitrogen and oxygen atoms in total. The van der Waals surface area contributed by atoms with Gasteiger partial charge in [-0.1, -0.05) is 56.2 Å². The molecule has 0 aliphatic heterocycles. The monoisotopic (exact) mass is 397 g/mol. The Bertz CT molecular complexity index is 793. The van der Waals surface area contributed by atoms with Gasteiger partial charge in [-0.25, -0.2) is 0 Å². The molecule has 0 radical (unpaired) electrons. The lowest BCUT2D eigenvalue weighted by molar-refractivity contribution is -0.119. The summed E-state index contributed by atoms with van der Waals surface area (Å²) in [7, 11) is 0. The minimum absolute atomic E-state index is 0.0483. The van der Waals surface area contributed by atoms with Crippen LogP contribution >= 0.6 is 12.2 Å². The summed E-state index contributed by atoms with van der Waals surface area (Å²) in [4.78, 5) is 24.0. The van der Waals surface area contributed by atoms with E-state index in [0.717, 1.165) is 24.8 Å². The van der Waals surface area contributed by atoms with Crippen LogP contribution in [0.5, 0.6) is 0 Å². The van der Waals surface area contributed by atoms with E-state index < -0.39 is 0 Å². The molecule has 2 aromatic rings. The molecular weight excluding hydrogens is 370 g/mol. The van der Waals surface area contributed by atoms with Gasteiger partial charge in [-0.2, -0.15) is 0 Å². The van der Waals surface area contributed by atoms with E-state index in [-0.39, 0.29) is 16.9 Å². The molecule has 0 saturated heterocycles. The van der Waals surface area contributed by atoms with Gasteiger partial charge >= 0.3 is 0 Å². The van der Waals surface area contributed by atoms with Crippen molar-refractivity contribution in [1.29, 1.82) is 0 Å².